The minimum atomic E-state index is 0.0597. The lowest BCUT2D eigenvalue weighted by molar-refractivity contribution is 1.27. The van der Waals surface area contributed by atoms with Gasteiger partial charge in [0, 0.05) is 28.5 Å². The molecule has 0 atom stereocenters. The molecule has 2 rings (SSSR count). The molecular formula is C13H12BrNO. The van der Waals surface area contributed by atoms with E-state index in [0.29, 0.717) is 0 Å². The first-order chi connectivity index (χ1) is 7.81. The van der Waals surface area contributed by atoms with Crippen molar-refractivity contribution in [3.63, 3.8) is 0 Å². The minimum Gasteiger partial charge on any atom is -0.361 e. The van der Waals surface area contributed by atoms with Crippen LogP contribution in [0.25, 0.3) is 17.0 Å². The molecule has 82 valence electrons. The quantitative estimate of drug-likeness (QED) is 0.858. The van der Waals surface area contributed by atoms with E-state index in [0.717, 1.165) is 28.2 Å². The van der Waals surface area contributed by atoms with Gasteiger partial charge in [-0.05, 0) is 24.1 Å². The molecule has 0 spiro atoms. The Morgan fingerprint density at radius 3 is 3.00 bits per heavy atom. The van der Waals surface area contributed by atoms with Gasteiger partial charge in [0.15, 0.2) is 5.43 Å². The largest absolute Gasteiger partial charge is 0.361 e. The minimum absolute atomic E-state index is 0.0597. The van der Waals surface area contributed by atoms with E-state index in [2.05, 4.69) is 27.0 Å². The van der Waals surface area contributed by atoms with Crippen LogP contribution < -0.4 is 5.43 Å². The number of aromatic amines is 1. The van der Waals surface area contributed by atoms with Gasteiger partial charge in [0.25, 0.3) is 0 Å². The van der Waals surface area contributed by atoms with E-state index < -0.39 is 0 Å². The van der Waals surface area contributed by atoms with Gasteiger partial charge in [-0.2, -0.15) is 0 Å². The summed E-state index contributed by atoms with van der Waals surface area (Å²) in [6, 6.07) is 7.40. The highest BCUT2D eigenvalue weighted by atomic mass is 79.9. The fraction of sp³-hybridized carbons (Fsp3) is 0.154. The molecule has 0 bridgehead atoms. The summed E-state index contributed by atoms with van der Waals surface area (Å²) in [4.78, 5) is 14.7. The number of allylic oxidation sites excluding steroid dienone is 1. The topological polar surface area (TPSA) is 32.9 Å². The number of hydrogen-bond donors (Lipinski definition) is 1. The third-order valence-corrected chi connectivity index (χ3v) is 2.83. The molecule has 0 amide bonds. The van der Waals surface area contributed by atoms with Gasteiger partial charge in [-0.25, -0.2) is 0 Å². The molecule has 1 N–H and O–H groups in total. The fourth-order valence-electron chi connectivity index (χ4n) is 1.57. The Labute approximate surface area is 102 Å². The molecule has 1 aromatic heterocycles. The van der Waals surface area contributed by atoms with E-state index in [9.17, 15) is 4.79 Å². The monoisotopic (exact) mass is 277 g/mol. The molecular weight excluding hydrogens is 266 g/mol. The number of halogens is 1. The number of hydrogen-bond acceptors (Lipinski definition) is 1. The molecule has 0 saturated heterocycles. The number of rotatable bonds is 3. The lowest BCUT2D eigenvalue weighted by Crippen LogP contribution is -1.99. The van der Waals surface area contributed by atoms with Crippen molar-refractivity contribution in [2.45, 2.75) is 6.42 Å². The van der Waals surface area contributed by atoms with Crippen LogP contribution >= 0.6 is 15.9 Å². The molecule has 3 heteroatoms. The molecule has 0 aliphatic carbocycles. The lowest BCUT2D eigenvalue weighted by atomic mass is 10.1. The molecule has 2 nitrogen and oxygen atoms in total. The summed E-state index contributed by atoms with van der Waals surface area (Å²) in [6.07, 6.45) is 6.79. The summed E-state index contributed by atoms with van der Waals surface area (Å²) in [5.41, 5.74) is 2.00. The number of pyridine rings is 1. The van der Waals surface area contributed by atoms with Crippen LogP contribution in [0.5, 0.6) is 0 Å². The van der Waals surface area contributed by atoms with Crippen LogP contribution in [0.1, 0.15) is 12.0 Å². The Hall–Kier alpha value is -1.35. The Bertz CT molecular complexity index is 571. The number of H-pyrrole nitrogens is 1. The van der Waals surface area contributed by atoms with E-state index in [1.165, 1.54) is 0 Å². The predicted molar refractivity (Wildman–Crippen MR) is 72.0 cm³/mol. The first-order valence-corrected chi connectivity index (χ1v) is 6.27. The van der Waals surface area contributed by atoms with Crippen molar-refractivity contribution in [3.05, 3.63) is 52.3 Å². The molecule has 0 unspecified atom stereocenters. The molecule has 0 radical (unpaired) electrons. The Kier molecular flexibility index (Phi) is 3.57. The number of aromatic nitrogens is 1. The molecule has 1 heterocycles. The van der Waals surface area contributed by atoms with Crippen LogP contribution in [0, 0.1) is 0 Å². The average molecular weight is 278 g/mol. The lowest BCUT2D eigenvalue weighted by Gasteiger charge is -1.98. The van der Waals surface area contributed by atoms with Crippen molar-refractivity contribution in [1.29, 1.82) is 0 Å². The maximum atomic E-state index is 11.6. The van der Waals surface area contributed by atoms with Crippen molar-refractivity contribution in [2.75, 3.05) is 5.33 Å². The number of fused-ring (bicyclic) bond motifs is 1. The van der Waals surface area contributed by atoms with Gasteiger partial charge in [0.05, 0.1) is 0 Å². The van der Waals surface area contributed by atoms with Crippen LogP contribution in [0.3, 0.4) is 0 Å². The van der Waals surface area contributed by atoms with E-state index in [1.54, 1.807) is 12.3 Å². The maximum absolute atomic E-state index is 11.6. The Balaban J connectivity index is 2.43. The average Bonchev–Trinajstić information content (AvgIpc) is 2.30. The summed E-state index contributed by atoms with van der Waals surface area (Å²) in [6.45, 7) is 0. The number of benzene rings is 1. The van der Waals surface area contributed by atoms with Gasteiger partial charge in [0.1, 0.15) is 0 Å². The summed E-state index contributed by atoms with van der Waals surface area (Å²) in [7, 11) is 0. The second kappa shape index (κ2) is 5.12. The first-order valence-electron chi connectivity index (χ1n) is 5.15. The smallest absolute Gasteiger partial charge is 0.189 e. The zero-order valence-corrected chi connectivity index (χ0v) is 10.3. The van der Waals surface area contributed by atoms with Gasteiger partial charge in [-0.15, -0.1) is 0 Å². The first kappa shape index (κ1) is 11.1. The van der Waals surface area contributed by atoms with Crippen molar-refractivity contribution >= 4 is 32.9 Å². The second-order valence-corrected chi connectivity index (χ2v) is 4.32. The highest BCUT2D eigenvalue weighted by molar-refractivity contribution is 9.09. The van der Waals surface area contributed by atoms with Crippen LogP contribution in [0.4, 0.5) is 0 Å². The highest BCUT2D eigenvalue weighted by Gasteiger charge is 1.97. The molecule has 0 fully saturated rings. The number of nitrogens with one attached hydrogen (secondary N) is 1. The summed E-state index contributed by atoms with van der Waals surface area (Å²) in [5, 5.41) is 1.70. The SMILES string of the molecule is O=c1cc[nH]c2ccc(C=CCCBr)cc12. The normalized spacial score (nSPS) is 11.3. The standard InChI is InChI=1S/C13H12BrNO/c14-7-2-1-3-10-4-5-12-11(9-10)13(16)6-8-15-12/h1,3-6,8-9H,2,7H2,(H,15,16). The molecule has 0 aliphatic rings. The molecule has 1 aromatic carbocycles. The van der Waals surface area contributed by atoms with Crippen molar-refractivity contribution in [3.8, 4) is 0 Å². The third-order valence-electron chi connectivity index (χ3n) is 2.37. The van der Waals surface area contributed by atoms with Crippen molar-refractivity contribution in [2.24, 2.45) is 0 Å². The van der Waals surface area contributed by atoms with Gasteiger partial charge in [-0.1, -0.05) is 34.1 Å². The number of alkyl halides is 1. The highest BCUT2D eigenvalue weighted by Crippen LogP contribution is 2.11. The second-order valence-electron chi connectivity index (χ2n) is 3.53. The summed E-state index contributed by atoms with van der Waals surface area (Å²) >= 11 is 3.37. The molecule has 0 aliphatic heterocycles. The van der Waals surface area contributed by atoms with E-state index in [1.807, 2.05) is 24.3 Å². The summed E-state index contributed by atoms with van der Waals surface area (Å²) < 4.78 is 0. The van der Waals surface area contributed by atoms with Crippen LogP contribution in [-0.2, 0) is 0 Å². The van der Waals surface area contributed by atoms with Crippen LogP contribution in [-0.4, -0.2) is 10.3 Å². The molecule has 0 saturated carbocycles. The van der Waals surface area contributed by atoms with E-state index >= 15 is 0 Å². The van der Waals surface area contributed by atoms with Gasteiger partial charge in [0.2, 0.25) is 0 Å². The molecule has 2 aromatic rings. The third kappa shape index (κ3) is 2.42. The van der Waals surface area contributed by atoms with Gasteiger partial charge in [-0.3, -0.25) is 4.79 Å². The van der Waals surface area contributed by atoms with Crippen LogP contribution in [0.15, 0.2) is 41.3 Å². The maximum Gasteiger partial charge on any atom is 0.189 e. The predicted octanol–water partition coefficient (Wildman–Crippen LogP) is 3.33. The van der Waals surface area contributed by atoms with Gasteiger partial charge < -0.3 is 4.98 Å². The summed E-state index contributed by atoms with van der Waals surface area (Å²) in [5.74, 6) is 0. The van der Waals surface area contributed by atoms with E-state index in [-0.39, 0.29) is 5.43 Å². The van der Waals surface area contributed by atoms with Crippen molar-refractivity contribution in [1.82, 2.24) is 4.98 Å². The zero-order chi connectivity index (χ0) is 11.4. The van der Waals surface area contributed by atoms with E-state index in [4.69, 9.17) is 0 Å². The zero-order valence-electron chi connectivity index (χ0n) is 8.74. The molecule has 16 heavy (non-hydrogen) atoms. The van der Waals surface area contributed by atoms with Crippen LogP contribution in [0.2, 0.25) is 0 Å². The van der Waals surface area contributed by atoms with Gasteiger partial charge >= 0.3 is 0 Å². The van der Waals surface area contributed by atoms with Crippen molar-refractivity contribution < 1.29 is 0 Å². The fourth-order valence-corrected chi connectivity index (χ4v) is 1.84. The Morgan fingerprint density at radius 2 is 2.19 bits per heavy atom. The Morgan fingerprint density at radius 1 is 1.31 bits per heavy atom.